The van der Waals surface area contributed by atoms with Crippen LogP contribution >= 0.6 is 0 Å². The summed E-state index contributed by atoms with van der Waals surface area (Å²) in [6, 6.07) is 12.8. The number of benzene rings is 2. The Bertz CT molecular complexity index is 828. The molecule has 5 heteroatoms. The highest BCUT2D eigenvalue weighted by molar-refractivity contribution is 6.07. The van der Waals surface area contributed by atoms with E-state index < -0.39 is 0 Å². The van der Waals surface area contributed by atoms with Gasteiger partial charge >= 0.3 is 0 Å². The Morgan fingerprint density at radius 1 is 1.04 bits per heavy atom. The van der Waals surface area contributed by atoms with Crippen LogP contribution in [0.1, 0.15) is 48.5 Å². The number of rotatable bonds is 8. The molecule has 27 heavy (non-hydrogen) atoms. The largest absolute Gasteiger partial charge is 0.493 e. The minimum atomic E-state index is -0.226. The van der Waals surface area contributed by atoms with E-state index in [0.717, 1.165) is 36.9 Å². The average molecular weight is 366 g/mol. The van der Waals surface area contributed by atoms with E-state index in [4.69, 9.17) is 4.74 Å². The Hall–Kier alpha value is -2.82. The van der Waals surface area contributed by atoms with E-state index in [-0.39, 0.29) is 17.7 Å². The lowest BCUT2D eigenvalue weighted by atomic mass is 10.1. The van der Waals surface area contributed by atoms with Crippen LogP contribution in [0.15, 0.2) is 42.5 Å². The third-order valence-electron chi connectivity index (χ3n) is 4.68. The van der Waals surface area contributed by atoms with Gasteiger partial charge in [0.1, 0.15) is 5.75 Å². The lowest BCUT2D eigenvalue weighted by molar-refractivity contribution is -0.117. The molecule has 2 aromatic carbocycles. The predicted molar refractivity (Wildman–Crippen MR) is 107 cm³/mol. The molecule has 0 atom stereocenters. The first kappa shape index (κ1) is 19.0. The first-order valence-corrected chi connectivity index (χ1v) is 9.53. The van der Waals surface area contributed by atoms with Crippen LogP contribution in [0.4, 0.5) is 11.4 Å². The van der Waals surface area contributed by atoms with Crippen molar-refractivity contribution in [2.24, 2.45) is 5.92 Å². The standard InChI is InChI=1S/C22H26N2O3/c1-3-4-14-27-20-11-6-5-8-17(20)22(26)24-19-10-7-9-18(15(19)2)23-21(25)16-12-13-16/h5-11,16H,3-4,12-14H2,1-2H3,(H,23,25)(H,24,26). The number of ether oxygens (including phenoxy) is 1. The first-order chi connectivity index (χ1) is 13.1. The van der Waals surface area contributed by atoms with E-state index in [9.17, 15) is 9.59 Å². The molecule has 142 valence electrons. The van der Waals surface area contributed by atoms with Gasteiger partial charge in [0.05, 0.1) is 12.2 Å². The van der Waals surface area contributed by atoms with Gasteiger partial charge in [-0.3, -0.25) is 9.59 Å². The summed E-state index contributed by atoms with van der Waals surface area (Å²) in [6.45, 7) is 4.57. The van der Waals surface area contributed by atoms with Gasteiger partial charge in [0.25, 0.3) is 5.91 Å². The summed E-state index contributed by atoms with van der Waals surface area (Å²) >= 11 is 0. The van der Waals surface area contributed by atoms with Crippen molar-refractivity contribution in [3.63, 3.8) is 0 Å². The number of para-hydroxylation sites is 1. The maximum atomic E-state index is 12.8. The molecule has 0 aliphatic heterocycles. The molecule has 0 heterocycles. The van der Waals surface area contributed by atoms with Crippen molar-refractivity contribution in [3.05, 3.63) is 53.6 Å². The SMILES string of the molecule is CCCCOc1ccccc1C(=O)Nc1cccc(NC(=O)C2CC2)c1C. The van der Waals surface area contributed by atoms with E-state index in [1.165, 1.54) is 0 Å². The normalized spacial score (nSPS) is 13.1. The van der Waals surface area contributed by atoms with Gasteiger partial charge < -0.3 is 15.4 Å². The number of carbonyl (C=O) groups excluding carboxylic acids is 2. The molecule has 0 spiro atoms. The molecule has 3 rings (SSSR count). The van der Waals surface area contributed by atoms with Gasteiger partial charge in [0.2, 0.25) is 5.91 Å². The van der Waals surface area contributed by atoms with Crippen LogP contribution in [0.25, 0.3) is 0 Å². The smallest absolute Gasteiger partial charge is 0.259 e. The van der Waals surface area contributed by atoms with Gasteiger partial charge in [-0.25, -0.2) is 0 Å². The summed E-state index contributed by atoms with van der Waals surface area (Å²) < 4.78 is 5.76. The molecule has 0 aromatic heterocycles. The third kappa shape index (κ3) is 4.88. The molecule has 2 N–H and O–H groups in total. The topological polar surface area (TPSA) is 67.4 Å². The number of hydrogen-bond acceptors (Lipinski definition) is 3. The molecule has 2 aromatic rings. The molecular formula is C22H26N2O3. The lowest BCUT2D eigenvalue weighted by Crippen LogP contribution is -2.17. The lowest BCUT2D eigenvalue weighted by Gasteiger charge is -2.15. The highest BCUT2D eigenvalue weighted by atomic mass is 16.5. The Morgan fingerprint density at radius 3 is 2.44 bits per heavy atom. The van der Waals surface area contributed by atoms with Gasteiger partial charge in [0.15, 0.2) is 0 Å². The van der Waals surface area contributed by atoms with E-state index in [0.29, 0.717) is 23.6 Å². The van der Waals surface area contributed by atoms with Crippen molar-refractivity contribution in [1.29, 1.82) is 0 Å². The molecular weight excluding hydrogens is 340 g/mol. The number of nitrogens with one attached hydrogen (secondary N) is 2. The Balaban J connectivity index is 1.73. The van der Waals surface area contributed by atoms with Gasteiger partial charge in [-0.1, -0.05) is 31.5 Å². The summed E-state index contributed by atoms with van der Waals surface area (Å²) in [5.41, 5.74) is 2.75. The zero-order valence-electron chi connectivity index (χ0n) is 15.9. The van der Waals surface area contributed by atoms with Crippen LogP contribution in [0.2, 0.25) is 0 Å². The fraction of sp³-hybridized carbons (Fsp3) is 0.364. The summed E-state index contributed by atoms with van der Waals surface area (Å²) in [7, 11) is 0. The quantitative estimate of drug-likeness (QED) is 0.661. The van der Waals surface area contributed by atoms with Crippen LogP contribution in [-0.2, 0) is 4.79 Å². The van der Waals surface area contributed by atoms with Crippen molar-refractivity contribution in [1.82, 2.24) is 0 Å². The first-order valence-electron chi connectivity index (χ1n) is 9.53. The van der Waals surface area contributed by atoms with E-state index >= 15 is 0 Å². The zero-order valence-corrected chi connectivity index (χ0v) is 15.9. The minimum absolute atomic E-state index is 0.0521. The van der Waals surface area contributed by atoms with Crippen LogP contribution < -0.4 is 15.4 Å². The molecule has 0 bridgehead atoms. The Morgan fingerprint density at radius 2 is 1.74 bits per heavy atom. The maximum Gasteiger partial charge on any atom is 0.259 e. The fourth-order valence-corrected chi connectivity index (χ4v) is 2.78. The third-order valence-corrected chi connectivity index (χ3v) is 4.68. The second-order valence-corrected chi connectivity index (χ2v) is 6.89. The van der Waals surface area contributed by atoms with Crippen LogP contribution in [-0.4, -0.2) is 18.4 Å². The summed E-state index contributed by atoms with van der Waals surface area (Å²) in [5, 5.41) is 5.90. The van der Waals surface area contributed by atoms with Gasteiger partial charge in [0, 0.05) is 17.3 Å². The molecule has 0 radical (unpaired) electrons. The second-order valence-electron chi connectivity index (χ2n) is 6.89. The van der Waals surface area contributed by atoms with Gasteiger partial charge in [-0.2, -0.15) is 0 Å². The Labute approximate surface area is 160 Å². The molecule has 5 nitrogen and oxygen atoms in total. The van der Waals surface area contributed by atoms with Crippen molar-refractivity contribution < 1.29 is 14.3 Å². The Kier molecular flexibility index (Phi) is 6.12. The molecule has 1 saturated carbocycles. The molecule has 0 saturated heterocycles. The molecule has 1 fully saturated rings. The number of amides is 2. The van der Waals surface area contributed by atoms with Crippen molar-refractivity contribution in [2.75, 3.05) is 17.2 Å². The average Bonchev–Trinajstić information content (AvgIpc) is 3.51. The van der Waals surface area contributed by atoms with E-state index in [2.05, 4.69) is 17.6 Å². The number of carbonyl (C=O) groups is 2. The molecule has 0 unspecified atom stereocenters. The van der Waals surface area contributed by atoms with Crippen molar-refractivity contribution >= 4 is 23.2 Å². The van der Waals surface area contributed by atoms with Crippen LogP contribution in [0.3, 0.4) is 0 Å². The van der Waals surface area contributed by atoms with Crippen molar-refractivity contribution in [2.45, 2.75) is 39.5 Å². The van der Waals surface area contributed by atoms with E-state index in [1.807, 2.05) is 43.3 Å². The number of anilines is 2. The highest BCUT2D eigenvalue weighted by Crippen LogP contribution is 2.32. The molecule has 1 aliphatic rings. The maximum absolute atomic E-state index is 12.8. The predicted octanol–water partition coefficient (Wildman–Crippen LogP) is 4.77. The van der Waals surface area contributed by atoms with Gasteiger partial charge in [-0.15, -0.1) is 0 Å². The summed E-state index contributed by atoms with van der Waals surface area (Å²) in [4.78, 5) is 24.8. The van der Waals surface area contributed by atoms with Gasteiger partial charge in [-0.05, 0) is 56.0 Å². The van der Waals surface area contributed by atoms with E-state index in [1.54, 1.807) is 6.07 Å². The number of hydrogen-bond donors (Lipinski definition) is 2. The number of unbranched alkanes of at least 4 members (excludes halogenated alkanes) is 1. The monoisotopic (exact) mass is 366 g/mol. The summed E-state index contributed by atoms with van der Waals surface area (Å²) in [5.74, 6) is 0.543. The second kappa shape index (κ2) is 8.71. The fourth-order valence-electron chi connectivity index (χ4n) is 2.78. The molecule has 2 amide bonds. The van der Waals surface area contributed by atoms with Crippen molar-refractivity contribution in [3.8, 4) is 5.75 Å². The highest BCUT2D eigenvalue weighted by Gasteiger charge is 2.29. The van der Waals surface area contributed by atoms with Crippen LogP contribution in [0, 0.1) is 12.8 Å². The summed E-state index contributed by atoms with van der Waals surface area (Å²) in [6.07, 6.45) is 3.89. The van der Waals surface area contributed by atoms with Crippen LogP contribution in [0.5, 0.6) is 5.75 Å². The minimum Gasteiger partial charge on any atom is -0.493 e. The molecule has 1 aliphatic carbocycles. The zero-order chi connectivity index (χ0) is 19.2.